The number of carbonyl (C=O) groups excluding carboxylic acids is 3. The molecular weight excluding hydrogens is 412 g/mol. The molecule has 0 bridgehead atoms. The van der Waals surface area contributed by atoms with Gasteiger partial charge in [-0.1, -0.05) is 37.3 Å². The third-order valence-corrected chi connectivity index (χ3v) is 5.18. The molecule has 0 fully saturated rings. The molecule has 0 radical (unpaired) electrons. The highest BCUT2D eigenvalue weighted by Crippen LogP contribution is 2.37. The van der Waals surface area contributed by atoms with Crippen molar-refractivity contribution in [3.63, 3.8) is 0 Å². The van der Waals surface area contributed by atoms with Crippen LogP contribution in [0.25, 0.3) is 0 Å². The van der Waals surface area contributed by atoms with Crippen molar-refractivity contribution < 1.29 is 24.2 Å². The van der Waals surface area contributed by atoms with E-state index in [0.717, 1.165) is 11.1 Å². The normalized spacial score (nSPS) is 16.7. The number of anilines is 1. The van der Waals surface area contributed by atoms with Gasteiger partial charge >= 0.3 is 11.9 Å². The van der Waals surface area contributed by atoms with E-state index in [4.69, 9.17) is 4.89 Å². The molecule has 9 nitrogen and oxygen atoms in total. The van der Waals surface area contributed by atoms with Crippen LogP contribution < -0.4 is 5.32 Å². The van der Waals surface area contributed by atoms with Gasteiger partial charge in [0.25, 0.3) is 5.91 Å². The van der Waals surface area contributed by atoms with Gasteiger partial charge in [-0.15, -0.1) is 0 Å². The standard InChI is InChI=1S/C23H26N4O5/c1-5-18(28)31-32-23(30)19-20(25-17-14-24-13-12-15(17)3)22(29)27(6-2)26(4)21(19)16-10-8-7-9-11-16/h7-14,21,25H,5-6H2,1-4H3. The highest BCUT2D eigenvalue weighted by atomic mass is 17.2. The number of likely N-dealkylation sites (N-methyl/N-ethyl adjacent to an activating group) is 2. The number of rotatable bonds is 6. The first-order valence-corrected chi connectivity index (χ1v) is 10.3. The zero-order valence-electron chi connectivity index (χ0n) is 18.5. The van der Waals surface area contributed by atoms with Crippen LogP contribution in [0.4, 0.5) is 5.69 Å². The van der Waals surface area contributed by atoms with E-state index in [1.165, 1.54) is 5.01 Å². The summed E-state index contributed by atoms with van der Waals surface area (Å²) < 4.78 is 0. The molecule has 1 aromatic heterocycles. The Balaban J connectivity index is 2.17. The molecule has 9 heteroatoms. The van der Waals surface area contributed by atoms with Crippen LogP contribution in [0, 0.1) is 6.92 Å². The number of aromatic nitrogens is 1. The summed E-state index contributed by atoms with van der Waals surface area (Å²) in [4.78, 5) is 51.7. The fraction of sp³-hybridized carbons (Fsp3) is 0.304. The summed E-state index contributed by atoms with van der Waals surface area (Å²) >= 11 is 0. The summed E-state index contributed by atoms with van der Waals surface area (Å²) in [6.07, 6.45) is 3.24. The molecule has 32 heavy (non-hydrogen) atoms. The Kier molecular flexibility index (Phi) is 7.21. The Morgan fingerprint density at radius 3 is 2.47 bits per heavy atom. The van der Waals surface area contributed by atoms with Crippen LogP contribution in [0.15, 0.2) is 60.1 Å². The van der Waals surface area contributed by atoms with Gasteiger partial charge in [0.1, 0.15) is 5.70 Å². The largest absolute Gasteiger partial charge is 0.386 e. The molecule has 2 aromatic rings. The molecule has 3 rings (SSSR count). The third kappa shape index (κ3) is 4.62. The molecule has 1 aliphatic rings. The molecule has 168 valence electrons. The molecule has 0 saturated heterocycles. The van der Waals surface area contributed by atoms with E-state index in [1.807, 2.05) is 44.2 Å². The van der Waals surface area contributed by atoms with E-state index in [2.05, 4.69) is 15.2 Å². The molecule has 0 aliphatic carbocycles. The molecule has 1 unspecified atom stereocenters. The monoisotopic (exact) mass is 438 g/mol. The van der Waals surface area contributed by atoms with Crippen molar-refractivity contribution in [1.82, 2.24) is 15.0 Å². The van der Waals surface area contributed by atoms with Gasteiger partial charge in [0.05, 0.1) is 23.5 Å². The fourth-order valence-corrected chi connectivity index (χ4v) is 3.49. The van der Waals surface area contributed by atoms with Crippen molar-refractivity contribution in [1.29, 1.82) is 0 Å². The van der Waals surface area contributed by atoms with Gasteiger partial charge in [0.15, 0.2) is 0 Å². The van der Waals surface area contributed by atoms with Gasteiger partial charge in [0.2, 0.25) is 0 Å². The maximum atomic E-state index is 13.4. The van der Waals surface area contributed by atoms with Crippen molar-refractivity contribution in [3.05, 3.63) is 71.2 Å². The number of amides is 1. The highest BCUT2D eigenvalue weighted by Gasteiger charge is 2.43. The second kappa shape index (κ2) is 10.1. The number of aryl methyl sites for hydroxylation is 1. The van der Waals surface area contributed by atoms with E-state index in [9.17, 15) is 14.4 Å². The number of hydrazine groups is 1. The molecule has 1 aliphatic heterocycles. The van der Waals surface area contributed by atoms with Crippen LogP contribution in [0.1, 0.15) is 37.4 Å². The van der Waals surface area contributed by atoms with Gasteiger partial charge in [0, 0.05) is 26.2 Å². The Hall–Kier alpha value is -3.72. The average Bonchev–Trinajstić information content (AvgIpc) is 2.80. The molecule has 1 aromatic carbocycles. The van der Waals surface area contributed by atoms with Crippen LogP contribution in [-0.4, -0.2) is 46.4 Å². The molecule has 0 spiro atoms. The quantitative estimate of drug-likeness (QED) is 0.543. The van der Waals surface area contributed by atoms with Crippen molar-refractivity contribution in [2.24, 2.45) is 0 Å². The minimum atomic E-state index is -0.930. The summed E-state index contributed by atoms with van der Waals surface area (Å²) in [6.45, 7) is 5.66. The molecule has 1 N–H and O–H groups in total. The Bertz CT molecular complexity index is 1040. The molecule has 1 amide bonds. The Morgan fingerprint density at radius 2 is 1.84 bits per heavy atom. The van der Waals surface area contributed by atoms with Crippen molar-refractivity contribution in [2.75, 3.05) is 18.9 Å². The Morgan fingerprint density at radius 1 is 1.12 bits per heavy atom. The summed E-state index contributed by atoms with van der Waals surface area (Å²) in [5.41, 5.74) is 2.23. The lowest BCUT2D eigenvalue weighted by Crippen LogP contribution is -2.53. The van der Waals surface area contributed by atoms with Gasteiger partial charge in [-0.2, -0.15) is 0 Å². The number of hydrogen-bond acceptors (Lipinski definition) is 8. The van der Waals surface area contributed by atoms with E-state index in [-0.39, 0.29) is 17.7 Å². The molecule has 1 atom stereocenters. The van der Waals surface area contributed by atoms with Crippen LogP contribution in [-0.2, 0) is 24.2 Å². The topological polar surface area (TPSA) is 101 Å². The van der Waals surface area contributed by atoms with Gasteiger partial charge in [-0.3, -0.25) is 14.8 Å². The fourth-order valence-electron chi connectivity index (χ4n) is 3.49. The predicted molar refractivity (Wildman–Crippen MR) is 116 cm³/mol. The average molecular weight is 438 g/mol. The molecule has 2 heterocycles. The van der Waals surface area contributed by atoms with Gasteiger partial charge < -0.3 is 5.32 Å². The lowest BCUT2D eigenvalue weighted by atomic mass is 9.94. The summed E-state index contributed by atoms with van der Waals surface area (Å²) in [5.74, 6) is -2.04. The first kappa shape index (κ1) is 23.0. The lowest BCUT2D eigenvalue weighted by molar-refractivity contribution is -0.256. The maximum absolute atomic E-state index is 13.4. The number of pyridine rings is 1. The van der Waals surface area contributed by atoms with Crippen LogP contribution >= 0.6 is 0 Å². The summed E-state index contributed by atoms with van der Waals surface area (Å²) in [7, 11) is 1.72. The summed E-state index contributed by atoms with van der Waals surface area (Å²) in [6, 6.07) is 10.4. The Labute approximate surface area is 186 Å². The molecule has 0 saturated carbocycles. The summed E-state index contributed by atoms with van der Waals surface area (Å²) in [5, 5.41) is 6.28. The van der Waals surface area contributed by atoms with E-state index >= 15 is 0 Å². The van der Waals surface area contributed by atoms with Crippen molar-refractivity contribution in [3.8, 4) is 0 Å². The van der Waals surface area contributed by atoms with Gasteiger partial charge in [-0.05, 0) is 31.0 Å². The SMILES string of the molecule is CCC(=O)OOC(=O)C1=C(Nc2cnccc2C)C(=O)N(CC)N(C)C1c1ccccc1. The van der Waals surface area contributed by atoms with Crippen LogP contribution in [0.3, 0.4) is 0 Å². The van der Waals surface area contributed by atoms with E-state index in [0.29, 0.717) is 12.2 Å². The predicted octanol–water partition coefficient (Wildman–Crippen LogP) is 2.92. The smallest absolute Gasteiger partial charge is 0.349 e. The first-order chi connectivity index (χ1) is 15.4. The second-order valence-corrected chi connectivity index (χ2v) is 7.19. The van der Waals surface area contributed by atoms with Crippen LogP contribution in [0.2, 0.25) is 0 Å². The number of benzene rings is 1. The number of hydrogen-bond donors (Lipinski definition) is 1. The van der Waals surface area contributed by atoms with Crippen LogP contribution in [0.5, 0.6) is 0 Å². The first-order valence-electron chi connectivity index (χ1n) is 10.3. The van der Waals surface area contributed by atoms with E-state index < -0.39 is 23.9 Å². The van der Waals surface area contributed by atoms with Crippen molar-refractivity contribution >= 4 is 23.5 Å². The lowest BCUT2D eigenvalue weighted by Gasteiger charge is -2.42. The minimum absolute atomic E-state index is 0.0283. The van der Waals surface area contributed by atoms with E-state index in [1.54, 1.807) is 37.4 Å². The second-order valence-electron chi connectivity index (χ2n) is 7.19. The number of carbonyl (C=O) groups is 3. The zero-order chi connectivity index (χ0) is 23.3. The zero-order valence-corrected chi connectivity index (χ0v) is 18.5. The number of nitrogens with one attached hydrogen (secondary N) is 1. The van der Waals surface area contributed by atoms with Crippen molar-refractivity contribution in [2.45, 2.75) is 33.2 Å². The third-order valence-electron chi connectivity index (χ3n) is 5.18. The van der Waals surface area contributed by atoms with Gasteiger partial charge in [-0.25, -0.2) is 24.4 Å². The molecular formula is C23H26N4O5. The highest BCUT2D eigenvalue weighted by molar-refractivity contribution is 6.06. The minimum Gasteiger partial charge on any atom is -0.349 e. The maximum Gasteiger partial charge on any atom is 0.386 e. The number of nitrogens with zero attached hydrogens (tertiary/aromatic N) is 3.